The van der Waals surface area contributed by atoms with Crippen molar-refractivity contribution in [3.63, 3.8) is 0 Å². The molecule has 3 aromatic carbocycles. The molecule has 1 N–H and O–H groups in total. The summed E-state index contributed by atoms with van der Waals surface area (Å²) in [4.78, 5) is 29.2. The van der Waals surface area contributed by atoms with Crippen LogP contribution < -0.4 is 9.62 Å². The molecule has 0 heterocycles. The Morgan fingerprint density at radius 2 is 1.61 bits per heavy atom. The molecule has 0 radical (unpaired) electrons. The third-order valence-corrected chi connectivity index (χ3v) is 9.61. The molecular formula is C33H41N3O4S. The van der Waals surface area contributed by atoms with E-state index in [0.29, 0.717) is 12.1 Å². The molecule has 1 saturated carbocycles. The van der Waals surface area contributed by atoms with Gasteiger partial charge in [0.25, 0.3) is 10.0 Å². The highest BCUT2D eigenvalue weighted by Crippen LogP contribution is 2.28. The highest BCUT2D eigenvalue weighted by Gasteiger charge is 2.34. The van der Waals surface area contributed by atoms with E-state index in [9.17, 15) is 18.0 Å². The van der Waals surface area contributed by atoms with Crippen molar-refractivity contribution in [2.75, 3.05) is 10.8 Å². The zero-order valence-corrected chi connectivity index (χ0v) is 25.3. The monoisotopic (exact) mass is 575 g/mol. The van der Waals surface area contributed by atoms with Gasteiger partial charge in [0.15, 0.2) is 0 Å². The van der Waals surface area contributed by atoms with E-state index in [2.05, 4.69) is 5.32 Å². The second-order valence-corrected chi connectivity index (χ2v) is 12.8. The number of carbonyl (C=O) groups is 2. The molecule has 0 aromatic heterocycles. The number of carbonyl (C=O) groups excluding carboxylic acids is 2. The van der Waals surface area contributed by atoms with Gasteiger partial charge in [-0.05, 0) is 69.4 Å². The molecule has 218 valence electrons. The Labute approximate surface area is 244 Å². The summed E-state index contributed by atoms with van der Waals surface area (Å²) in [7, 11) is -4.09. The third-order valence-electron chi connectivity index (χ3n) is 7.83. The van der Waals surface area contributed by atoms with Crippen molar-refractivity contribution < 1.29 is 18.0 Å². The summed E-state index contributed by atoms with van der Waals surface area (Å²) < 4.78 is 29.4. The van der Waals surface area contributed by atoms with Crippen LogP contribution in [0.5, 0.6) is 0 Å². The van der Waals surface area contributed by atoms with Gasteiger partial charge in [0, 0.05) is 12.6 Å². The molecule has 1 atom stereocenters. The van der Waals surface area contributed by atoms with E-state index in [0.717, 1.165) is 47.9 Å². The summed E-state index contributed by atoms with van der Waals surface area (Å²) in [6, 6.07) is 21.0. The van der Waals surface area contributed by atoms with E-state index in [1.165, 1.54) is 9.21 Å². The van der Waals surface area contributed by atoms with Crippen LogP contribution in [-0.2, 0) is 32.6 Å². The largest absolute Gasteiger partial charge is 0.352 e. The van der Waals surface area contributed by atoms with E-state index in [1.807, 2.05) is 57.2 Å². The van der Waals surface area contributed by atoms with Gasteiger partial charge in [-0.1, -0.05) is 85.5 Å². The van der Waals surface area contributed by atoms with Crippen LogP contribution in [0.3, 0.4) is 0 Å². The first-order valence-electron chi connectivity index (χ1n) is 14.4. The first-order chi connectivity index (χ1) is 19.6. The number of hydrogen-bond donors (Lipinski definition) is 1. The molecule has 8 heteroatoms. The Hall–Kier alpha value is -3.65. The lowest BCUT2D eigenvalue weighted by Gasteiger charge is -2.33. The van der Waals surface area contributed by atoms with Crippen molar-refractivity contribution in [2.45, 2.75) is 83.3 Å². The van der Waals surface area contributed by atoms with Gasteiger partial charge in [-0.25, -0.2) is 8.42 Å². The Bertz CT molecular complexity index is 1460. The zero-order chi connectivity index (χ0) is 29.6. The standard InChI is InChI=1S/C33H41N3O4S/c1-5-28-13-6-9-16-31(28)36(41(39,40)30-19-17-24(2)18-20-30)23-32(37)35(22-27-12-10-11-25(3)21-27)26(4)33(38)34-29-14-7-8-15-29/h6,9-13,16-21,26,29H,5,7-8,14-15,22-23H2,1-4H3,(H,34,38)/t26-/m1/s1. The van der Waals surface area contributed by atoms with Crippen LogP contribution in [0.4, 0.5) is 5.69 Å². The molecule has 0 bridgehead atoms. The number of rotatable bonds is 11. The van der Waals surface area contributed by atoms with Gasteiger partial charge in [0.1, 0.15) is 12.6 Å². The van der Waals surface area contributed by atoms with Gasteiger partial charge in [-0.15, -0.1) is 0 Å². The number of para-hydroxylation sites is 1. The topological polar surface area (TPSA) is 86.8 Å². The number of nitrogens with zero attached hydrogens (tertiary/aromatic N) is 2. The quantitative estimate of drug-likeness (QED) is 0.325. The van der Waals surface area contributed by atoms with Crippen molar-refractivity contribution in [3.05, 3.63) is 95.1 Å². The number of hydrogen-bond acceptors (Lipinski definition) is 4. The van der Waals surface area contributed by atoms with Gasteiger partial charge in [-0.2, -0.15) is 0 Å². The van der Waals surface area contributed by atoms with Crippen molar-refractivity contribution in [1.29, 1.82) is 0 Å². The molecule has 1 aliphatic carbocycles. The fourth-order valence-electron chi connectivity index (χ4n) is 5.39. The van der Waals surface area contributed by atoms with E-state index in [1.54, 1.807) is 43.3 Å². The number of anilines is 1. The predicted molar refractivity (Wildman–Crippen MR) is 163 cm³/mol. The SMILES string of the molecule is CCc1ccccc1N(CC(=O)N(Cc1cccc(C)c1)[C@H](C)C(=O)NC1CCCC1)S(=O)(=O)c1ccc(C)cc1. The van der Waals surface area contributed by atoms with Crippen LogP contribution in [0.1, 0.15) is 61.8 Å². The van der Waals surface area contributed by atoms with Crippen LogP contribution >= 0.6 is 0 Å². The maximum absolute atomic E-state index is 14.2. The molecule has 3 aromatic rings. The van der Waals surface area contributed by atoms with Crippen LogP contribution in [0, 0.1) is 13.8 Å². The van der Waals surface area contributed by atoms with Crippen LogP contribution in [-0.4, -0.2) is 43.8 Å². The second kappa shape index (κ2) is 13.3. The molecule has 0 saturated heterocycles. The number of nitrogens with one attached hydrogen (secondary N) is 1. The molecule has 0 aliphatic heterocycles. The maximum Gasteiger partial charge on any atom is 0.264 e. The van der Waals surface area contributed by atoms with E-state index in [4.69, 9.17) is 0 Å². The van der Waals surface area contributed by atoms with E-state index in [-0.39, 0.29) is 23.4 Å². The minimum absolute atomic E-state index is 0.107. The normalized spacial score (nSPS) is 14.4. The minimum Gasteiger partial charge on any atom is -0.352 e. The van der Waals surface area contributed by atoms with Crippen molar-refractivity contribution in [1.82, 2.24) is 10.2 Å². The van der Waals surface area contributed by atoms with Crippen molar-refractivity contribution in [2.24, 2.45) is 0 Å². The molecular weight excluding hydrogens is 534 g/mol. The number of aryl methyl sites for hydroxylation is 3. The summed E-state index contributed by atoms with van der Waals surface area (Å²) in [6.45, 7) is 7.30. The van der Waals surface area contributed by atoms with Crippen molar-refractivity contribution >= 4 is 27.5 Å². The summed E-state index contributed by atoms with van der Waals surface area (Å²) in [6.07, 6.45) is 4.61. The summed E-state index contributed by atoms with van der Waals surface area (Å²) >= 11 is 0. The number of amides is 2. The average molecular weight is 576 g/mol. The first kappa shape index (κ1) is 30.3. The molecule has 2 amide bonds. The molecule has 4 rings (SSSR count). The smallest absolute Gasteiger partial charge is 0.264 e. The molecule has 41 heavy (non-hydrogen) atoms. The summed E-state index contributed by atoms with van der Waals surface area (Å²) in [5.74, 6) is -0.665. The average Bonchev–Trinajstić information content (AvgIpc) is 3.47. The maximum atomic E-state index is 14.2. The molecule has 0 spiro atoms. The Kier molecular flexibility index (Phi) is 9.86. The Morgan fingerprint density at radius 1 is 0.927 bits per heavy atom. The second-order valence-electron chi connectivity index (χ2n) is 11.0. The lowest BCUT2D eigenvalue weighted by molar-refractivity contribution is -0.139. The minimum atomic E-state index is -4.09. The van der Waals surface area contributed by atoms with Crippen LogP contribution in [0.25, 0.3) is 0 Å². The van der Waals surface area contributed by atoms with Gasteiger partial charge in [0.2, 0.25) is 11.8 Å². The summed E-state index contributed by atoms with van der Waals surface area (Å²) in [5, 5.41) is 3.11. The zero-order valence-electron chi connectivity index (χ0n) is 24.5. The molecule has 7 nitrogen and oxygen atoms in total. The lowest BCUT2D eigenvalue weighted by atomic mass is 10.1. The Balaban J connectivity index is 1.71. The molecule has 0 unspecified atom stereocenters. The highest BCUT2D eigenvalue weighted by molar-refractivity contribution is 7.92. The lowest BCUT2D eigenvalue weighted by Crippen LogP contribution is -2.52. The van der Waals surface area contributed by atoms with Gasteiger partial charge in [0.05, 0.1) is 10.6 Å². The van der Waals surface area contributed by atoms with Crippen molar-refractivity contribution in [3.8, 4) is 0 Å². The van der Waals surface area contributed by atoms with Crippen LogP contribution in [0.15, 0.2) is 77.7 Å². The number of sulfonamides is 1. The third kappa shape index (κ3) is 7.36. The van der Waals surface area contributed by atoms with E-state index < -0.39 is 28.5 Å². The highest BCUT2D eigenvalue weighted by atomic mass is 32.2. The van der Waals surface area contributed by atoms with Crippen LogP contribution in [0.2, 0.25) is 0 Å². The fourth-order valence-corrected chi connectivity index (χ4v) is 6.84. The summed E-state index contributed by atoms with van der Waals surface area (Å²) in [5.41, 5.74) is 4.13. The first-order valence-corrected chi connectivity index (χ1v) is 15.9. The predicted octanol–water partition coefficient (Wildman–Crippen LogP) is 5.54. The molecule has 1 aliphatic rings. The number of benzene rings is 3. The fraction of sp³-hybridized carbons (Fsp3) is 0.394. The molecule has 1 fully saturated rings. The van der Waals surface area contributed by atoms with Gasteiger partial charge < -0.3 is 10.2 Å². The Morgan fingerprint density at radius 3 is 2.27 bits per heavy atom. The van der Waals surface area contributed by atoms with Gasteiger partial charge in [-0.3, -0.25) is 13.9 Å². The van der Waals surface area contributed by atoms with E-state index >= 15 is 0 Å². The van der Waals surface area contributed by atoms with Gasteiger partial charge >= 0.3 is 0 Å².